The third kappa shape index (κ3) is 3.25. The molecular weight excluding hydrogens is 302 g/mol. The van der Waals surface area contributed by atoms with Gasteiger partial charge in [0, 0.05) is 31.2 Å². The fourth-order valence-corrected chi connectivity index (χ4v) is 3.24. The highest BCUT2D eigenvalue weighted by atomic mass is 35.5. The van der Waals surface area contributed by atoms with Gasteiger partial charge in [-0.2, -0.15) is 0 Å². The summed E-state index contributed by atoms with van der Waals surface area (Å²) in [6.45, 7) is 1.54. The first-order valence-corrected chi connectivity index (χ1v) is 7.54. The Morgan fingerprint density at radius 2 is 1.95 bits per heavy atom. The quantitative estimate of drug-likeness (QED) is 0.871. The van der Waals surface area contributed by atoms with Crippen LogP contribution in [0.25, 0.3) is 0 Å². The smallest absolute Gasteiger partial charge is 0.230 e. The van der Waals surface area contributed by atoms with E-state index in [1.54, 1.807) is 0 Å². The van der Waals surface area contributed by atoms with Crippen molar-refractivity contribution in [1.29, 1.82) is 0 Å². The van der Waals surface area contributed by atoms with Crippen LogP contribution < -0.4 is 10.6 Å². The highest BCUT2D eigenvalue weighted by Crippen LogP contribution is 2.33. The standard InChI is InChI=1S/C16H21N3O2.ClH/c1-17-11-6-8-19(9-7-11)16(21)13-10-15(20)18-14-5-3-2-4-12(13)14;/h2-5,11,13,17H,6-10H2,1H3,(H,18,20);1H. The van der Waals surface area contributed by atoms with Gasteiger partial charge in [0.25, 0.3) is 0 Å². The highest BCUT2D eigenvalue weighted by molar-refractivity contribution is 6.01. The van der Waals surface area contributed by atoms with Gasteiger partial charge in [0.05, 0.1) is 5.92 Å². The fraction of sp³-hybridized carbons (Fsp3) is 0.500. The molecule has 22 heavy (non-hydrogen) atoms. The van der Waals surface area contributed by atoms with E-state index in [1.807, 2.05) is 36.2 Å². The Labute approximate surface area is 136 Å². The van der Waals surface area contributed by atoms with Crippen molar-refractivity contribution < 1.29 is 9.59 Å². The molecule has 1 atom stereocenters. The first kappa shape index (κ1) is 16.8. The molecule has 1 fully saturated rings. The number of amides is 2. The summed E-state index contributed by atoms with van der Waals surface area (Å²) in [5, 5.41) is 6.11. The number of piperidine rings is 1. The van der Waals surface area contributed by atoms with Crippen LogP contribution in [0.1, 0.15) is 30.7 Å². The molecule has 6 heteroatoms. The van der Waals surface area contributed by atoms with Gasteiger partial charge >= 0.3 is 0 Å². The Hall–Kier alpha value is -1.59. The van der Waals surface area contributed by atoms with Gasteiger partial charge in [-0.05, 0) is 31.5 Å². The molecule has 3 rings (SSSR count). The lowest BCUT2D eigenvalue weighted by Gasteiger charge is -2.35. The number of nitrogens with zero attached hydrogens (tertiary/aromatic N) is 1. The predicted molar refractivity (Wildman–Crippen MR) is 88.3 cm³/mol. The maximum atomic E-state index is 12.8. The van der Waals surface area contributed by atoms with Gasteiger partial charge in [-0.15, -0.1) is 12.4 Å². The van der Waals surface area contributed by atoms with Crippen molar-refractivity contribution in [3.8, 4) is 0 Å². The molecule has 0 spiro atoms. The van der Waals surface area contributed by atoms with Crippen molar-refractivity contribution in [2.45, 2.75) is 31.2 Å². The lowest BCUT2D eigenvalue weighted by molar-refractivity contribution is -0.136. The van der Waals surface area contributed by atoms with E-state index in [0.717, 1.165) is 37.2 Å². The summed E-state index contributed by atoms with van der Waals surface area (Å²) in [5.74, 6) is -0.315. The summed E-state index contributed by atoms with van der Waals surface area (Å²) < 4.78 is 0. The zero-order valence-electron chi connectivity index (χ0n) is 12.7. The second kappa shape index (κ2) is 7.11. The van der Waals surface area contributed by atoms with Gasteiger partial charge in [0.15, 0.2) is 0 Å². The lowest BCUT2D eigenvalue weighted by atomic mass is 9.88. The zero-order valence-corrected chi connectivity index (χ0v) is 13.5. The summed E-state index contributed by atoms with van der Waals surface area (Å²) >= 11 is 0. The molecule has 2 N–H and O–H groups in total. The second-order valence-corrected chi connectivity index (χ2v) is 5.78. The van der Waals surface area contributed by atoms with E-state index < -0.39 is 0 Å². The second-order valence-electron chi connectivity index (χ2n) is 5.78. The molecule has 2 amide bonds. The Kier molecular flexibility index (Phi) is 5.42. The topological polar surface area (TPSA) is 61.4 Å². The van der Waals surface area contributed by atoms with Crippen LogP contribution in [-0.2, 0) is 9.59 Å². The van der Waals surface area contributed by atoms with Crippen LogP contribution in [0.4, 0.5) is 5.69 Å². The van der Waals surface area contributed by atoms with E-state index in [0.29, 0.717) is 6.04 Å². The minimum absolute atomic E-state index is 0. The third-order valence-electron chi connectivity index (χ3n) is 4.51. The number of carbonyl (C=O) groups is 2. The van der Waals surface area contributed by atoms with Gasteiger partial charge in [-0.1, -0.05) is 18.2 Å². The van der Waals surface area contributed by atoms with Crippen LogP contribution in [-0.4, -0.2) is 42.9 Å². The molecule has 1 saturated heterocycles. The molecule has 2 heterocycles. The molecule has 2 aliphatic heterocycles. The number of rotatable bonds is 2. The van der Waals surface area contributed by atoms with E-state index in [1.165, 1.54) is 0 Å². The maximum Gasteiger partial charge on any atom is 0.230 e. The molecule has 0 aromatic heterocycles. The van der Waals surface area contributed by atoms with Crippen LogP contribution in [0.5, 0.6) is 0 Å². The van der Waals surface area contributed by atoms with Crippen molar-refractivity contribution in [3.63, 3.8) is 0 Å². The predicted octanol–water partition coefficient (Wildman–Crippen LogP) is 1.74. The number of nitrogens with one attached hydrogen (secondary N) is 2. The average molecular weight is 324 g/mol. The van der Waals surface area contributed by atoms with Crippen molar-refractivity contribution >= 4 is 29.9 Å². The van der Waals surface area contributed by atoms with Crippen LogP contribution in [0, 0.1) is 0 Å². The Morgan fingerprint density at radius 1 is 1.27 bits per heavy atom. The van der Waals surface area contributed by atoms with Crippen LogP contribution >= 0.6 is 12.4 Å². The van der Waals surface area contributed by atoms with E-state index in [9.17, 15) is 9.59 Å². The summed E-state index contributed by atoms with van der Waals surface area (Å²) in [4.78, 5) is 26.5. The van der Waals surface area contributed by atoms with E-state index in [-0.39, 0.29) is 36.6 Å². The Balaban J connectivity index is 0.00000176. The molecule has 1 aromatic carbocycles. The SMILES string of the molecule is CNC1CCN(C(=O)C2CC(=O)Nc3ccccc32)CC1.Cl. The molecule has 1 unspecified atom stereocenters. The van der Waals surface area contributed by atoms with Gasteiger partial charge in [0.1, 0.15) is 0 Å². The number of anilines is 1. The molecule has 0 radical (unpaired) electrons. The normalized spacial score (nSPS) is 21.6. The number of hydrogen-bond acceptors (Lipinski definition) is 3. The number of para-hydroxylation sites is 1. The van der Waals surface area contributed by atoms with Gasteiger partial charge in [0.2, 0.25) is 11.8 Å². The largest absolute Gasteiger partial charge is 0.342 e. The molecule has 0 saturated carbocycles. The molecule has 2 aliphatic rings. The number of benzene rings is 1. The monoisotopic (exact) mass is 323 g/mol. The summed E-state index contributed by atoms with van der Waals surface area (Å²) in [6.07, 6.45) is 2.20. The number of likely N-dealkylation sites (tertiary alicyclic amines) is 1. The van der Waals surface area contributed by atoms with Crippen molar-refractivity contribution in [1.82, 2.24) is 10.2 Å². The first-order valence-electron chi connectivity index (χ1n) is 7.54. The molecule has 1 aromatic rings. The molecule has 0 aliphatic carbocycles. The van der Waals surface area contributed by atoms with Gasteiger partial charge in [-0.25, -0.2) is 0 Å². The first-order chi connectivity index (χ1) is 10.2. The summed E-state index contributed by atoms with van der Waals surface area (Å²) in [6, 6.07) is 8.10. The zero-order chi connectivity index (χ0) is 14.8. The van der Waals surface area contributed by atoms with Gasteiger partial charge in [-0.3, -0.25) is 9.59 Å². The molecular formula is C16H22ClN3O2. The summed E-state index contributed by atoms with van der Waals surface area (Å²) in [5.41, 5.74) is 1.72. The van der Waals surface area contributed by atoms with Crippen molar-refractivity contribution in [3.05, 3.63) is 29.8 Å². The van der Waals surface area contributed by atoms with Crippen LogP contribution in [0.15, 0.2) is 24.3 Å². The number of fused-ring (bicyclic) bond motifs is 1. The van der Waals surface area contributed by atoms with Crippen molar-refractivity contribution in [2.75, 3.05) is 25.5 Å². The van der Waals surface area contributed by atoms with E-state index in [2.05, 4.69) is 10.6 Å². The minimum Gasteiger partial charge on any atom is -0.342 e. The molecule has 120 valence electrons. The minimum atomic E-state index is -0.332. The third-order valence-corrected chi connectivity index (χ3v) is 4.51. The fourth-order valence-electron chi connectivity index (χ4n) is 3.24. The number of halogens is 1. The Morgan fingerprint density at radius 3 is 2.64 bits per heavy atom. The highest BCUT2D eigenvalue weighted by Gasteiger charge is 2.34. The lowest BCUT2D eigenvalue weighted by Crippen LogP contribution is -2.46. The summed E-state index contributed by atoms with van der Waals surface area (Å²) in [7, 11) is 1.96. The number of carbonyl (C=O) groups excluding carboxylic acids is 2. The van der Waals surface area contributed by atoms with Crippen LogP contribution in [0.2, 0.25) is 0 Å². The van der Waals surface area contributed by atoms with Gasteiger partial charge < -0.3 is 15.5 Å². The van der Waals surface area contributed by atoms with Crippen LogP contribution in [0.3, 0.4) is 0 Å². The maximum absolute atomic E-state index is 12.8. The average Bonchev–Trinajstić information content (AvgIpc) is 2.53. The molecule has 0 bridgehead atoms. The molecule has 5 nitrogen and oxygen atoms in total. The van der Waals surface area contributed by atoms with E-state index >= 15 is 0 Å². The van der Waals surface area contributed by atoms with Crippen molar-refractivity contribution in [2.24, 2.45) is 0 Å². The van der Waals surface area contributed by atoms with E-state index in [4.69, 9.17) is 0 Å². The Bertz CT molecular complexity index is 556. The number of hydrogen-bond donors (Lipinski definition) is 2.